The van der Waals surface area contributed by atoms with E-state index in [0.717, 1.165) is 22.9 Å². The van der Waals surface area contributed by atoms with E-state index in [0.29, 0.717) is 0 Å². The first-order chi connectivity index (χ1) is 6.22. The Morgan fingerprint density at radius 2 is 2.08 bits per heavy atom. The Balaban J connectivity index is 2.39. The molecule has 1 aliphatic rings. The lowest BCUT2D eigenvalue weighted by Gasteiger charge is -2.24. The third kappa shape index (κ3) is 1.63. The van der Waals surface area contributed by atoms with Crippen molar-refractivity contribution in [3.63, 3.8) is 0 Å². The van der Waals surface area contributed by atoms with E-state index in [2.05, 4.69) is 20.9 Å². The first kappa shape index (κ1) is 9.16. The Labute approximate surface area is 86.7 Å². The fourth-order valence-corrected chi connectivity index (χ4v) is 2.63. The summed E-state index contributed by atoms with van der Waals surface area (Å²) < 4.78 is 1.09. The van der Waals surface area contributed by atoms with Crippen LogP contribution in [0.3, 0.4) is 0 Å². The summed E-state index contributed by atoms with van der Waals surface area (Å²) in [6, 6.07) is 1.96. The summed E-state index contributed by atoms with van der Waals surface area (Å²) in [7, 11) is 0. The number of halogens is 1. The number of nitrogens with two attached hydrogens (primary N) is 1. The van der Waals surface area contributed by atoms with Gasteiger partial charge in [0.05, 0.1) is 0 Å². The summed E-state index contributed by atoms with van der Waals surface area (Å²) in [4.78, 5) is 4.13. The normalized spacial score (nSPS) is 20.5. The van der Waals surface area contributed by atoms with Crippen LogP contribution in [0, 0.1) is 0 Å². The van der Waals surface area contributed by atoms with E-state index in [1.165, 1.54) is 12.8 Å². The largest absolute Gasteiger partial charge is 0.321 e. The minimum Gasteiger partial charge on any atom is -0.321 e. The van der Waals surface area contributed by atoms with Gasteiger partial charge in [-0.25, -0.2) is 0 Å². The van der Waals surface area contributed by atoms with Gasteiger partial charge in [0.25, 0.3) is 0 Å². The van der Waals surface area contributed by atoms with Crippen LogP contribution in [0.15, 0.2) is 22.9 Å². The molecule has 13 heavy (non-hydrogen) atoms. The van der Waals surface area contributed by atoms with Crippen LogP contribution in [0.4, 0.5) is 0 Å². The predicted molar refractivity (Wildman–Crippen MR) is 56.3 cm³/mol. The zero-order valence-electron chi connectivity index (χ0n) is 7.46. The fraction of sp³-hybridized carbons (Fsp3) is 0.500. The molecule has 3 heteroatoms. The maximum absolute atomic E-state index is 6.31. The molecule has 1 heterocycles. The van der Waals surface area contributed by atoms with Crippen LogP contribution in [0.25, 0.3) is 0 Å². The van der Waals surface area contributed by atoms with Crippen LogP contribution in [-0.4, -0.2) is 4.98 Å². The van der Waals surface area contributed by atoms with Crippen LogP contribution in [0.2, 0.25) is 0 Å². The highest BCUT2D eigenvalue weighted by molar-refractivity contribution is 9.10. The molecule has 0 bridgehead atoms. The fourth-order valence-electron chi connectivity index (χ4n) is 2.02. The molecule has 1 aliphatic carbocycles. The SMILES string of the molecule is NC1(c2cnccc2Br)CCCC1. The number of rotatable bonds is 1. The number of nitrogens with zero attached hydrogens (tertiary/aromatic N) is 1. The van der Waals surface area contributed by atoms with Gasteiger partial charge in [0.15, 0.2) is 0 Å². The third-order valence-electron chi connectivity index (χ3n) is 2.80. The van der Waals surface area contributed by atoms with Crippen molar-refractivity contribution < 1.29 is 0 Å². The zero-order valence-corrected chi connectivity index (χ0v) is 9.05. The molecule has 1 aromatic heterocycles. The van der Waals surface area contributed by atoms with Crippen molar-refractivity contribution in [2.75, 3.05) is 0 Å². The summed E-state index contributed by atoms with van der Waals surface area (Å²) >= 11 is 3.52. The van der Waals surface area contributed by atoms with Crippen molar-refractivity contribution in [1.29, 1.82) is 0 Å². The van der Waals surface area contributed by atoms with Crippen molar-refractivity contribution in [3.8, 4) is 0 Å². The van der Waals surface area contributed by atoms with Gasteiger partial charge < -0.3 is 5.73 Å². The summed E-state index contributed by atoms with van der Waals surface area (Å²) in [6.07, 6.45) is 8.30. The first-order valence-corrected chi connectivity index (χ1v) is 5.40. The van der Waals surface area contributed by atoms with Crippen molar-refractivity contribution in [3.05, 3.63) is 28.5 Å². The van der Waals surface area contributed by atoms with E-state index >= 15 is 0 Å². The Kier molecular flexibility index (Phi) is 2.39. The lowest BCUT2D eigenvalue weighted by Crippen LogP contribution is -2.33. The van der Waals surface area contributed by atoms with Gasteiger partial charge in [-0.2, -0.15) is 0 Å². The molecule has 2 rings (SSSR count). The quantitative estimate of drug-likeness (QED) is 0.820. The molecule has 0 spiro atoms. The van der Waals surface area contributed by atoms with Gasteiger partial charge in [0.2, 0.25) is 0 Å². The minimum absolute atomic E-state index is 0.132. The van der Waals surface area contributed by atoms with Crippen LogP contribution in [0.1, 0.15) is 31.2 Å². The van der Waals surface area contributed by atoms with E-state index in [4.69, 9.17) is 5.73 Å². The smallest absolute Gasteiger partial charge is 0.0436 e. The Bertz CT molecular complexity index is 306. The molecule has 1 aromatic rings. The van der Waals surface area contributed by atoms with Crippen molar-refractivity contribution in [1.82, 2.24) is 4.98 Å². The number of hydrogen-bond acceptors (Lipinski definition) is 2. The topological polar surface area (TPSA) is 38.9 Å². The first-order valence-electron chi connectivity index (χ1n) is 4.61. The standard InChI is InChI=1S/C10H13BrN2/c11-9-3-6-13-7-8(9)10(12)4-1-2-5-10/h3,6-7H,1-2,4-5,12H2. The lowest BCUT2D eigenvalue weighted by molar-refractivity contribution is 0.458. The van der Waals surface area contributed by atoms with Crippen molar-refractivity contribution >= 4 is 15.9 Å². The molecular formula is C10H13BrN2. The highest BCUT2D eigenvalue weighted by Gasteiger charge is 2.32. The second-order valence-corrected chi connectivity index (χ2v) is 4.57. The van der Waals surface area contributed by atoms with E-state index < -0.39 is 0 Å². The Hall–Kier alpha value is -0.410. The van der Waals surface area contributed by atoms with Gasteiger partial charge in [-0.1, -0.05) is 28.8 Å². The molecule has 2 nitrogen and oxygen atoms in total. The van der Waals surface area contributed by atoms with Crippen LogP contribution < -0.4 is 5.73 Å². The second kappa shape index (κ2) is 3.39. The van der Waals surface area contributed by atoms with E-state index in [9.17, 15) is 0 Å². The second-order valence-electron chi connectivity index (χ2n) is 3.72. The van der Waals surface area contributed by atoms with Crippen LogP contribution in [0.5, 0.6) is 0 Å². The molecule has 2 N–H and O–H groups in total. The lowest BCUT2D eigenvalue weighted by atomic mass is 9.91. The summed E-state index contributed by atoms with van der Waals surface area (Å²) in [5.41, 5.74) is 7.34. The highest BCUT2D eigenvalue weighted by atomic mass is 79.9. The Morgan fingerprint density at radius 1 is 1.38 bits per heavy atom. The molecule has 70 valence electrons. The molecule has 1 fully saturated rings. The molecule has 0 atom stereocenters. The maximum atomic E-state index is 6.31. The van der Waals surface area contributed by atoms with Crippen LogP contribution >= 0.6 is 15.9 Å². The van der Waals surface area contributed by atoms with Crippen LogP contribution in [-0.2, 0) is 5.54 Å². The number of aromatic nitrogens is 1. The molecule has 0 saturated heterocycles. The van der Waals surface area contributed by atoms with Gasteiger partial charge in [0, 0.05) is 28.0 Å². The highest BCUT2D eigenvalue weighted by Crippen LogP contribution is 2.38. The van der Waals surface area contributed by atoms with Crippen molar-refractivity contribution in [2.24, 2.45) is 5.73 Å². The molecule has 0 aromatic carbocycles. The summed E-state index contributed by atoms with van der Waals surface area (Å²) in [5.74, 6) is 0. The van der Waals surface area contributed by atoms with E-state index in [1.807, 2.05) is 12.3 Å². The zero-order chi connectivity index (χ0) is 9.31. The average molecular weight is 241 g/mol. The minimum atomic E-state index is -0.132. The molecule has 1 saturated carbocycles. The summed E-state index contributed by atoms with van der Waals surface area (Å²) in [5, 5.41) is 0. The summed E-state index contributed by atoms with van der Waals surface area (Å²) in [6.45, 7) is 0. The van der Waals surface area contributed by atoms with Gasteiger partial charge >= 0.3 is 0 Å². The van der Waals surface area contributed by atoms with Gasteiger partial charge in [-0.15, -0.1) is 0 Å². The third-order valence-corrected chi connectivity index (χ3v) is 3.49. The number of hydrogen-bond donors (Lipinski definition) is 1. The monoisotopic (exact) mass is 240 g/mol. The van der Waals surface area contributed by atoms with Gasteiger partial charge in [-0.05, 0) is 18.9 Å². The number of pyridine rings is 1. The van der Waals surface area contributed by atoms with Gasteiger partial charge in [0.1, 0.15) is 0 Å². The average Bonchev–Trinajstić information content (AvgIpc) is 2.54. The maximum Gasteiger partial charge on any atom is 0.0436 e. The molecule has 0 radical (unpaired) electrons. The molecule has 0 amide bonds. The van der Waals surface area contributed by atoms with E-state index in [1.54, 1.807) is 6.20 Å². The van der Waals surface area contributed by atoms with E-state index in [-0.39, 0.29) is 5.54 Å². The molecule has 0 unspecified atom stereocenters. The molecule has 0 aliphatic heterocycles. The van der Waals surface area contributed by atoms with Crippen molar-refractivity contribution in [2.45, 2.75) is 31.2 Å². The Morgan fingerprint density at radius 3 is 2.69 bits per heavy atom. The molecular weight excluding hydrogens is 228 g/mol. The predicted octanol–water partition coefficient (Wildman–Crippen LogP) is 2.57. The van der Waals surface area contributed by atoms with Gasteiger partial charge in [-0.3, -0.25) is 4.98 Å².